The number of esters is 2. The summed E-state index contributed by atoms with van der Waals surface area (Å²) in [6.45, 7) is 4.46. The molecule has 0 fully saturated rings. The minimum Gasteiger partial charge on any atom is -0.477 e. The summed E-state index contributed by atoms with van der Waals surface area (Å²) < 4.78 is 17.0. The molecule has 0 bridgehead atoms. The van der Waals surface area contributed by atoms with E-state index in [2.05, 4.69) is 56.4 Å². The monoisotopic (exact) mass is 648 g/mol. The van der Waals surface area contributed by atoms with Crippen molar-refractivity contribution in [3.63, 3.8) is 0 Å². The van der Waals surface area contributed by atoms with Gasteiger partial charge in [0.15, 0.2) is 12.1 Å². The van der Waals surface area contributed by atoms with Gasteiger partial charge in [0.05, 0.1) is 34.4 Å². The van der Waals surface area contributed by atoms with Crippen LogP contribution in [0.1, 0.15) is 123 Å². The van der Waals surface area contributed by atoms with Crippen molar-refractivity contribution in [2.75, 3.05) is 41.0 Å². The van der Waals surface area contributed by atoms with E-state index in [-0.39, 0.29) is 49.1 Å². The van der Waals surface area contributed by atoms with Gasteiger partial charge in [-0.25, -0.2) is 4.79 Å². The third kappa shape index (κ3) is 27.6. The first-order chi connectivity index (χ1) is 22.1. The van der Waals surface area contributed by atoms with E-state index in [4.69, 9.17) is 14.2 Å². The fourth-order valence-corrected chi connectivity index (χ4v) is 4.71. The number of ether oxygens (including phenoxy) is 3. The topological polar surface area (TPSA) is 99.1 Å². The third-order valence-corrected chi connectivity index (χ3v) is 7.48. The Hall–Kier alpha value is -2.71. The Balaban J connectivity index is 4.57. The number of aliphatic carboxylic acids is 1. The predicted molar refractivity (Wildman–Crippen MR) is 188 cm³/mol. The number of likely N-dealkylation sites (N-methyl/N-ethyl adjacent to an activating group) is 1. The molecule has 0 aromatic heterocycles. The van der Waals surface area contributed by atoms with Gasteiger partial charge in [0.1, 0.15) is 6.61 Å². The number of carboxylic acids is 1. The van der Waals surface area contributed by atoms with E-state index in [0.29, 0.717) is 19.3 Å². The van der Waals surface area contributed by atoms with E-state index in [1.165, 1.54) is 38.5 Å². The lowest BCUT2D eigenvalue weighted by Gasteiger charge is -2.31. The lowest BCUT2D eigenvalue weighted by molar-refractivity contribution is -0.887. The summed E-state index contributed by atoms with van der Waals surface area (Å²) >= 11 is 0. The van der Waals surface area contributed by atoms with Gasteiger partial charge in [-0.05, 0) is 57.8 Å². The molecule has 0 saturated heterocycles. The molecule has 0 rings (SSSR count). The van der Waals surface area contributed by atoms with Crippen LogP contribution in [0.25, 0.3) is 0 Å². The van der Waals surface area contributed by atoms with Crippen LogP contribution in [0.5, 0.6) is 0 Å². The van der Waals surface area contributed by atoms with E-state index in [1.807, 2.05) is 27.2 Å². The number of carboxylic acid groups (broad SMARTS) is 1. The first-order valence-electron chi connectivity index (χ1n) is 17.7. The Labute approximate surface area is 280 Å². The number of hydrogen-bond acceptors (Lipinski definition) is 6. The van der Waals surface area contributed by atoms with Crippen molar-refractivity contribution in [1.82, 2.24) is 0 Å². The SMILES string of the molecule is CC/C=C/C/C=C/CCCCC(=O)OC(COCCC(C(=O)O)[N+](C)(C)C)COC(=O)CC/C=C/C/C=C/CCCCCCCC. The largest absolute Gasteiger partial charge is 0.477 e. The van der Waals surface area contributed by atoms with Gasteiger partial charge in [-0.2, -0.15) is 0 Å². The first kappa shape index (κ1) is 43.3. The molecule has 46 heavy (non-hydrogen) atoms. The number of hydrogen-bond donors (Lipinski definition) is 1. The van der Waals surface area contributed by atoms with Crippen molar-refractivity contribution in [2.24, 2.45) is 0 Å². The van der Waals surface area contributed by atoms with Crippen LogP contribution in [0.15, 0.2) is 48.6 Å². The van der Waals surface area contributed by atoms with Crippen LogP contribution in [0.4, 0.5) is 0 Å². The van der Waals surface area contributed by atoms with Crippen molar-refractivity contribution in [3.05, 3.63) is 48.6 Å². The van der Waals surface area contributed by atoms with Gasteiger partial charge in [-0.1, -0.05) is 94.6 Å². The molecule has 0 radical (unpaired) electrons. The van der Waals surface area contributed by atoms with Gasteiger partial charge in [-0.3, -0.25) is 9.59 Å². The van der Waals surface area contributed by atoms with Gasteiger partial charge in [-0.15, -0.1) is 0 Å². The highest BCUT2D eigenvalue weighted by atomic mass is 16.6. The Morgan fingerprint density at radius 1 is 0.674 bits per heavy atom. The minimum absolute atomic E-state index is 0.0293. The molecule has 2 unspecified atom stereocenters. The molecular weight excluding hydrogens is 582 g/mol. The standard InChI is InChI=1S/C38H65NO7/c1-6-8-10-12-14-16-17-18-19-21-22-24-26-28-36(40)45-33-34(32-44-31-30-35(38(42)43)39(3,4)5)46-37(41)29-27-25-23-20-15-13-11-9-7-2/h9,11,15,18-20,22,24,34-35H,6-8,10,12-14,16-17,21,23,25-33H2,1-5H3/p+1/b11-9+,19-18+,20-15+,24-22+. The number of allylic oxidation sites excluding steroid dienone is 8. The van der Waals surface area contributed by atoms with E-state index >= 15 is 0 Å². The van der Waals surface area contributed by atoms with Crippen molar-refractivity contribution < 1.29 is 38.2 Å². The van der Waals surface area contributed by atoms with E-state index in [1.54, 1.807) is 0 Å². The molecule has 0 amide bonds. The van der Waals surface area contributed by atoms with Crippen molar-refractivity contribution in [1.29, 1.82) is 0 Å². The molecule has 0 aliphatic heterocycles. The second-order valence-electron chi connectivity index (χ2n) is 12.7. The maximum absolute atomic E-state index is 12.5. The number of carbonyl (C=O) groups is 3. The Morgan fingerprint density at radius 2 is 1.26 bits per heavy atom. The van der Waals surface area contributed by atoms with Gasteiger partial charge in [0.2, 0.25) is 0 Å². The Kier molecular flexibility index (Phi) is 27.9. The third-order valence-electron chi connectivity index (χ3n) is 7.48. The fourth-order valence-electron chi connectivity index (χ4n) is 4.71. The van der Waals surface area contributed by atoms with E-state index in [9.17, 15) is 19.5 Å². The van der Waals surface area contributed by atoms with Gasteiger partial charge >= 0.3 is 17.9 Å². The molecule has 0 spiro atoms. The highest BCUT2D eigenvalue weighted by Crippen LogP contribution is 2.11. The number of quaternary nitrogens is 1. The van der Waals surface area contributed by atoms with Gasteiger partial charge in [0.25, 0.3) is 0 Å². The molecule has 264 valence electrons. The Bertz CT molecular complexity index is 901. The zero-order chi connectivity index (χ0) is 34.3. The molecule has 2 atom stereocenters. The molecule has 0 aliphatic rings. The normalized spacial score (nSPS) is 13.7. The molecular formula is C38H66NO7+. The lowest BCUT2D eigenvalue weighted by atomic mass is 10.1. The average molecular weight is 649 g/mol. The van der Waals surface area contributed by atoms with Crippen LogP contribution in [0.3, 0.4) is 0 Å². The summed E-state index contributed by atoms with van der Waals surface area (Å²) in [7, 11) is 5.47. The van der Waals surface area contributed by atoms with Crippen LogP contribution < -0.4 is 0 Å². The summed E-state index contributed by atoms with van der Waals surface area (Å²) in [5.74, 6) is -1.61. The maximum atomic E-state index is 12.5. The summed E-state index contributed by atoms with van der Waals surface area (Å²) in [5, 5.41) is 9.55. The molecule has 0 aliphatic carbocycles. The van der Waals surface area contributed by atoms with Crippen LogP contribution in [0, 0.1) is 0 Å². The zero-order valence-electron chi connectivity index (χ0n) is 29.8. The number of nitrogens with zero attached hydrogens (tertiary/aromatic N) is 1. The molecule has 1 N–H and O–H groups in total. The molecule has 8 nitrogen and oxygen atoms in total. The number of rotatable bonds is 30. The molecule has 0 saturated carbocycles. The smallest absolute Gasteiger partial charge is 0.362 e. The molecule has 0 aromatic carbocycles. The minimum atomic E-state index is -0.890. The summed E-state index contributed by atoms with van der Waals surface area (Å²) in [6, 6.07) is -0.626. The van der Waals surface area contributed by atoms with E-state index < -0.39 is 18.1 Å². The van der Waals surface area contributed by atoms with Gasteiger partial charge < -0.3 is 23.8 Å². The highest BCUT2D eigenvalue weighted by Gasteiger charge is 2.31. The van der Waals surface area contributed by atoms with Crippen LogP contribution in [-0.4, -0.2) is 80.6 Å². The summed E-state index contributed by atoms with van der Waals surface area (Å²) in [6.07, 6.45) is 31.9. The average Bonchev–Trinajstić information content (AvgIpc) is 3.00. The fraction of sp³-hybridized carbons (Fsp3) is 0.711. The maximum Gasteiger partial charge on any atom is 0.362 e. The lowest BCUT2D eigenvalue weighted by Crippen LogP contribution is -2.50. The second-order valence-corrected chi connectivity index (χ2v) is 12.7. The summed E-state index contributed by atoms with van der Waals surface area (Å²) in [4.78, 5) is 36.5. The second kappa shape index (κ2) is 29.7. The summed E-state index contributed by atoms with van der Waals surface area (Å²) in [5.41, 5.74) is 0. The van der Waals surface area contributed by atoms with Gasteiger partial charge in [0, 0.05) is 19.3 Å². The van der Waals surface area contributed by atoms with E-state index in [0.717, 1.165) is 38.5 Å². The molecule has 0 aromatic rings. The number of carbonyl (C=O) groups excluding carboxylic acids is 2. The van der Waals surface area contributed by atoms with Crippen LogP contribution in [0.2, 0.25) is 0 Å². The van der Waals surface area contributed by atoms with Crippen LogP contribution >= 0.6 is 0 Å². The highest BCUT2D eigenvalue weighted by molar-refractivity contribution is 5.72. The molecule has 8 heteroatoms. The molecule has 0 heterocycles. The predicted octanol–water partition coefficient (Wildman–Crippen LogP) is 8.51. The first-order valence-corrected chi connectivity index (χ1v) is 17.7. The van der Waals surface area contributed by atoms with Crippen molar-refractivity contribution in [3.8, 4) is 0 Å². The Morgan fingerprint density at radius 3 is 1.87 bits per heavy atom. The van der Waals surface area contributed by atoms with Crippen molar-refractivity contribution in [2.45, 2.75) is 135 Å². The zero-order valence-corrected chi connectivity index (χ0v) is 29.8. The quantitative estimate of drug-likeness (QED) is 0.0361. The van der Waals surface area contributed by atoms with Crippen molar-refractivity contribution >= 4 is 17.9 Å². The number of unbranched alkanes of at least 4 members (excludes halogenated alkanes) is 8. The van der Waals surface area contributed by atoms with Crippen LogP contribution in [-0.2, 0) is 28.6 Å².